The lowest BCUT2D eigenvalue weighted by atomic mass is 9.89. The second-order valence-corrected chi connectivity index (χ2v) is 12.8. The van der Waals surface area contributed by atoms with E-state index in [4.69, 9.17) is 23.7 Å². The number of nitrogens with one attached hydrogen (secondary N) is 1. The van der Waals surface area contributed by atoms with Crippen LogP contribution < -0.4 is 14.8 Å². The minimum absolute atomic E-state index is 0.00620. The fourth-order valence-electron chi connectivity index (χ4n) is 6.81. The summed E-state index contributed by atoms with van der Waals surface area (Å²) in [4.78, 5) is 14.5. The van der Waals surface area contributed by atoms with E-state index in [1.807, 2.05) is 48.5 Å². The van der Waals surface area contributed by atoms with Crippen LogP contribution in [0.4, 0.5) is 4.79 Å². The number of hydrogen-bond acceptors (Lipinski definition) is 8. The third kappa shape index (κ3) is 8.03. The van der Waals surface area contributed by atoms with Gasteiger partial charge in [-0.3, -0.25) is 4.90 Å². The third-order valence-corrected chi connectivity index (χ3v) is 9.63. The molecular formula is C41H46N2O7. The van der Waals surface area contributed by atoms with Crippen LogP contribution in [0, 0.1) is 5.92 Å². The molecule has 4 atom stereocenters. The Morgan fingerprint density at radius 1 is 0.960 bits per heavy atom. The molecule has 2 heterocycles. The number of benzene rings is 4. The molecule has 2 aliphatic rings. The normalized spacial score (nSPS) is 20.4. The molecular weight excluding hydrogens is 632 g/mol. The van der Waals surface area contributed by atoms with Crippen LogP contribution in [0.25, 0.3) is 11.1 Å². The molecule has 0 radical (unpaired) electrons. The first-order chi connectivity index (χ1) is 24.4. The second-order valence-electron chi connectivity index (χ2n) is 12.8. The summed E-state index contributed by atoms with van der Waals surface area (Å²) in [6, 6.07) is 28.4. The molecule has 262 valence electrons. The predicted octanol–water partition coefficient (Wildman–Crippen LogP) is 7.13. The zero-order valence-electron chi connectivity index (χ0n) is 29.0. The minimum atomic E-state index is -0.578. The average molecular weight is 679 g/mol. The number of aliphatic hydroxyl groups excluding tert-OH is 1. The first-order valence-electron chi connectivity index (χ1n) is 17.1. The summed E-state index contributed by atoms with van der Waals surface area (Å²) in [5, 5.41) is 12.5. The summed E-state index contributed by atoms with van der Waals surface area (Å²) in [6.45, 7) is 8.70. The van der Waals surface area contributed by atoms with Crippen molar-refractivity contribution < 1.29 is 33.6 Å². The number of aliphatic hydroxyl groups is 1. The van der Waals surface area contributed by atoms with Crippen molar-refractivity contribution in [3.63, 3.8) is 0 Å². The number of carbonyl (C=O) groups is 1. The number of hydrogen-bond donors (Lipinski definition) is 2. The third-order valence-electron chi connectivity index (χ3n) is 9.63. The fourth-order valence-corrected chi connectivity index (χ4v) is 6.81. The van der Waals surface area contributed by atoms with Crippen LogP contribution in [0.5, 0.6) is 11.5 Å². The number of methoxy groups -OCH3 is 2. The van der Waals surface area contributed by atoms with Gasteiger partial charge < -0.3 is 34.1 Å². The van der Waals surface area contributed by atoms with Gasteiger partial charge in [-0.25, -0.2) is 4.79 Å². The molecule has 9 heteroatoms. The topological polar surface area (TPSA) is 98.7 Å². The summed E-state index contributed by atoms with van der Waals surface area (Å²) in [5.74, 6) is 1.56. The van der Waals surface area contributed by atoms with Crippen molar-refractivity contribution in [2.24, 2.45) is 5.92 Å². The maximum Gasteiger partial charge on any atom is 0.407 e. The van der Waals surface area contributed by atoms with E-state index in [-0.39, 0.29) is 31.3 Å². The largest absolute Gasteiger partial charge is 0.493 e. The average Bonchev–Trinajstić information content (AvgIpc) is 3.16. The molecule has 4 aromatic rings. The van der Waals surface area contributed by atoms with E-state index >= 15 is 0 Å². The predicted molar refractivity (Wildman–Crippen MR) is 192 cm³/mol. The molecule has 4 aromatic carbocycles. The number of ether oxygens (including phenoxy) is 5. The van der Waals surface area contributed by atoms with Gasteiger partial charge in [0.2, 0.25) is 0 Å². The summed E-state index contributed by atoms with van der Waals surface area (Å²) in [5.41, 5.74) is 8.36. The molecule has 9 nitrogen and oxygen atoms in total. The standard InChI is InChI=1S/C41H46N2O7/c1-5-20-48-41(45)42-23-33-8-6-7-9-35(33)29-14-16-31(17-15-29)40-49-38(27(2)39(50-40)30-12-10-28(26-44)11-13-30)25-43-19-18-32-21-36(46-3)37(47-4)22-34(32)24-43/h5-17,21-22,27,38-40,44H,1,18-20,23-26H2,2-4H3,(H,42,45)/t27-,38+,39+,40+/m1/s1. The van der Waals surface area contributed by atoms with Gasteiger partial charge >= 0.3 is 6.09 Å². The highest BCUT2D eigenvalue weighted by atomic mass is 16.7. The maximum atomic E-state index is 12.1. The van der Waals surface area contributed by atoms with Gasteiger partial charge in [0.25, 0.3) is 0 Å². The smallest absolute Gasteiger partial charge is 0.407 e. The highest BCUT2D eigenvalue weighted by molar-refractivity contribution is 5.70. The van der Waals surface area contributed by atoms with Crippen LogP contribution in [0.2, 0.25) is 0 Å². The number of carbonyl (C=O) groups excluding carboxylic acids is 1. The Morgan fingerprint density at radius 3 is 2.36 bits per heavy atom. The van der Waals surface area contributed by atoms with Gasteiger partial charge in [0.05, 0.1) is 33.0 Å². The highest BCUT2D eigenvalue weighted by Gasteiger charge is 2.39. The maximum absolute atomic E-state index is 12.1. The monoisotopic (exact) mass is 678 g/mol. The lowest BCUT2D eigenvalue weighted by Gasteiger charge is -2.43. The molecule has 6 rings (SSSR count). The summed E-state index contributed by atoms with van der Waals surface area (Å²) >= 11 is 0. The number of alkyl carbamates (subject to hydrolysis) is 1. The van der Waals surface area contributed by atoms with Gasteiger partial charge in [-0.15, -0.1) is 0 Å². The Kier molecular flexibility index (Phi) is 11.5. The zero-order valence-corrected chi connectivity index (χ0v) is 29.0. The molecule has 1 amide bonds. The second kappa shape index (κ2) is 16.4. The van der Waals surface area contributed by atoms with Crippen LogP contribution in [0.15, 0.2) is 97.6 Å². The summed E-state index contributed by atoms with van der Waals surface area (Å²) < 4.78 is 29.8. The van der Waals surface area contributed by atoms with Crippen molar-refractivity contribution in [1.82, 2.24) is 10.2 Å². The molecule has 0 spiro atoms. The van der Waals surface area contributed by atoms with Crippen molar-refractivity contribution in [3.8, 4) is 22.6 Å². The van der Waals surface area contributed by atoms with E-state index in [0.29, 0.717) is 6.54 Å². The summed E-state index contributed by atoms with van der Waals surface area (Å²) in [7, 11) is 3.34. The van der Waals surface area contributed by atoms with E-state index < -0.39 is 12.4 Å². The molecule has 1 fully saturated rings. The molecule has 0 bridgehead atoms. The van der Waals surface area contributed by atoms with E-state index in [1.165, 1.54) is 17.2 Å². The Bertz CT molecular complexity index is 1760. The van der Waals surface area contributed by atoms with Crippen molar-refractivity contribution >= 4 is 6.09 Å². The van der Waals surface area contributed by atoms with Crippen molar-refractivity contribution in [1.29, 1.82) is 0 Å². The van der Waals surface area contributed by atoms with Crippen molar-refractivity contribution in [2.45, 2.75) is 51.5 Å². The first kappa shape index (κ1) is 35.2. The van der Waals surface area contributed by atoms with Crippen molar-refractivity contribution in [2.75, 3.05) is 33.9 Å². The number of rotatable bonds is 12. The van der Waals surface area contributed by atoms with Crippen LogP contribution in [-0.4, -0.2) is 56.1 Å². The molecule has 0 aromatic heterocycles. The zero-order chi connectivity index (χ0) is 35.0. The van der Waals surface area contributed by atoms with Crippen LogP contribution in [0.1, 0.15) is 52.7 Å². The van der Waals surface area contributed by atoms with Crippen molar-refractivity contribution in [3.05, 3.63) is 131 Å². The molecule has 0 saturated carbocycles. The number of amides is 1. The van der Waals surface area contributed by atoms with Gasteiger partial charge in [0, 0.05) is 37.7 Å². The Hall–Kier alpha value is -4.67. The molecule has 0 aliphatic carbocycles. The van der Waals surface area contributed by atoms with Crippen LogP contribution in [0.3, 0.4) is 0 Å². The Balaban J connectivity index is 1.22. The highest BCUT2D eigenvalue weighted by Crippen LogP contribution is 2.43. The lowest BCUT2D eigenvalue weighted by Crippen LogP contribution is -2.45. The first-order valence-corrected chi connectivity index (χ1v) is 17.1. The van der Waals surface area contributed by atoms with Gasteiger partial charge in [-0.05, 0) is 57.5 Å². The van der Waals surface area contributed by atoms with Crippen LogP contribution in [-0.2, 0) is 40.3 Å². The van der Waals surface area contributed by atoms with Crippen LogP contribution >= 0.6 is 0 Å². The lowest BCUT2D eigenvalue weighted by molar-refractivity contribution is -0.276. The van der Waals surface area contributed by atoms with Gasteiger partial charge in [0.15, 0.2) is 17.8 Å². The molecule has 2 N–H and O–H groups in total. The Labute approximate surface area is 294 Å². The molecule has 0 unspecified atom stereocenters. The van der Waals surface area contributed by atoms with E-state index in [0.717, 1.165) is 70.9 Å². The number of fused-ring (bicyclic) bond motifs is 1. The van der Waals surface area contributed by atoms with E-state index in [9.17, 15) is 9.90 Å². The quantitative estimate of drug-likeness (QED) is 0.153. The van der Waals surface area contributed by atoms with E-state index in [1.54, 1.807) is 14.2 Å². The fraction of sp³-hybridized carbons (Fsp3) is 0.341. The minimum Gasteiger partial charge on any atom is -0.493 e. The molecule has 2 aliphatic heterocycles. The SMILES string of the molecule is C=CCOC(=O)NCc1ccccc1-c1ccc([C@H]2O[C@@H](CN3CCc4cc(OC)c(OC)cc4C3)[C@@H](C)[C@@H](c3ccc(CO)cc3)O2)cc1. The Morgan fingerprint density at radius 2 is 1.66 bits per heavy atom. The van der Waals surface area contributed by atoms with Gasteiger partial charge in [0.1, 0.15) is 6.61 Å². The van der Waals surface area contributed by atoms with Gasteiger partial charge in [-0.1, -0.05) is 92.4 Å². The van der Waals surface area contributed by atoms with Gasteiger partial charge in [-0.2, -0.15) is 0 Å². The molecule has 1 saturated heterocycles. The van der Waals surface area contributed by atoms with E-state index in [2.05, 4.69) is 60.1 Å². The number of nitrogens with zero attached hydrogens (tertiary/aromatic N) is 1. The summed E-state index contributed by atoms with van der Waals surface area (Å²) in [6.07, 6.45) is 1.07. The molecule has 50 heavy (non-hydrogen) atoms.